The molecule has 1 fully saturated rings. The van der Waals surface area contributed by atoms with E-state index in [1.165, 1.54) is 4.90 Å². The fraction of sp³-hybridized carbons (Fsp3) is 0.500. The van der Waals surface area contributed by atoms with Crippen LogP contribution in [0.15, 0.2) is 35.2 Å². The quantitative estimate of drug-likeness (QED) is 0.769. The maximum atomic E-state index is 8.88. The van der Waals surface area contributed by atoms with E-state index in [-0.39, 0.29) is 0 Å². The van der Waals surface area contributed by atoms with Gasteiger partial charge in [0.1, 0.15) is 0 Å². The van der Waals surface area contributed by atoms with Crippen LogP contribution in [-0.4, -0.2) is 42.0 Å². The fourth-order valence-electron chi connectivity index (χ4n) is 1.78. The molecule has 1 aliphatic rings. The highest BCUT2D eigenvalue weighted by Gasteiger charge is 2.24. The molecule has 0 amide bonds. The first-order valence-electron chi connectivity index (χ1n) is 5.39. The van der Waals surface area contributed by atoms with Crippen LogP contribution < -0.4 is 0 Å². The highest BCUT2D eigenvalue weighted by atomic mass is 32.2. The lowest BCUT2D eigenvalue weighted by Crippen LogP contribution is -2.48. The van der Waals surface area contributed by atoms with Gasteiger partial charge < -0.3 is 10.0 Å². The Bertz CT molecular complexity index is 285. The van der Waals surface area contributed by atoms with Crippen molar-refractivity contribution in [2.75, 3.05) is 32.0 Å². The molecule has 0 bridgehead atoms. The largest absolute Gasteiger partial charge is 0.396 e. The lowest BCUT2D eigenvalue weighted by atomic mass is 10.0. The summed E-state index contributed by atoms with van der Waals surface area (Å²) in [5, 5.41) is 8.88. The van der Waals surface area contributed by atoms with E-state index in [4.69, 9.17) is 5.11 Å². The van der Waals surface area contributed by atoms with E-state index in [0.717, 1.165) is 25.4 Å². The van der Waals surface area contributed by atoms with E-state index in [1.807, 2.05) is 17.8 Å². The van der Waals surface area contributed by atoms with E-state index >= 15 is 0 Å². The predicted molar refractivity (Wildman–Crippen MR) is 64.2 cm³/mol. The van der Waals surface area contributed by atoms with Crippen molar-refractivity contribution in [2.24, 2.45) is 5.92 Å². The molecule has 0 unspecified atom stereocenters. The fourth-order valence-corrected chi connectivity index (χ4v) is 2.72. The van der Waals surface area contributed by atoms with Crippen LogP contribution in [0.2, 0.25) is 0 Å². The Morgan fingerprint density at radius 2 is 2.00 bits per heavy atom. The summed E-state index contributed by atoms with van der Waals surface area (Å²) in [5.74, 6) is 1.68. The van der Waals surface area contributed by atoms with Crippen LogP contribution in [0, 0.1) is 5.92 Å². The topological polar surface area (TPSA) is 23.5 Å². The van der Waals surface area contributed by atoms with E-state index in [9.17, 15) is 0 Å². The minimum atomic E-state index is 0.350. The molecule has 0 saturated carbocycles. The van der Waals surface area contributed by atoms with Crippen molar-refractivity contribution in [3.05, 3.63) is 30.3 Å². The Kier molecular flexibility index (Phi) is 4.06. The average molecular weight is 223 g/mol. The van der Waals surface area contributed by atoms with Crippen molar-refractivity contribution in [3.63, 3.8) is 0 Å². The molecule has 82 valence electrons. The Morgan fingerprint density at radius 1 is 1.27 bits per heavy atom. The van der Waals surface area contributed by atoms with Crippen molar-refractivity contribution < 1.29 is 5.11 Å². The molecule has 1 aromatic carbocycles. The first-order valence-corrected chi connectivity index (χ1v) is 6.38. The zero-order chi connectivity index (χ0) is 10.5. The lowest BCUT2D eigenvalue weighted by molar-refractivity contribution is 0.0595. The molecule has 2 rings (SSSR count). The molecule has 3 heteroatoms. The monoisotopic (exact) mass is 223 g/mol. The molecule has 0 radical (unpaired) electrons. The Hall–Kier alpha value is -0.510. The lowest BCUT2D eigenvalue weighted by Gasteiger charge is -2.38. The van der Waals surface area contributed by atoms with Gasteiger partial charge in [-0.25, -0.2) is 0 Å². The third kappa shape index (κ3) is 3.23. The Labute approximate surface area is 95.3 Å². The SMILES string of the molecule is OCC1CN(CCSc2ccccc2)C1. The second-order valence-corrected chi connectivity index (χ2v) is 5.14. The number of aliphatic hydroxyl groups is 1. The number of rotatable bonds is 5. The summed E-state index contributed by atoms with van der Waals surface area (Å²) in [7, 11) is 0. The molecule has 2 nitrogen and oxygen atoms in total. The molecule has 0 aromatic heterocycles. The molecule has 1 heterocycles. The number of likely N-dealkylation sites (tertiary alicyclic amines) is 1. The van der Waals surface area contributed by atoms with Gasteiger partial charge in [-0.15, -0.1) is 11.8 Å². The van der Waals surface area contributed by atoms with Crippen LogP contribution in [0.4, 0.5) is 0 Å². The van der Waals surface area contributed by atoms with Gasteiger partial charge in [0.2, 0.25) is 0 Å². The molecule has 1 saturated heterocycles. The van der Waals surface area contributed by atoms with Gasteiger partial charge in [-0.05, 0) is 12.1 Å². The summed E-state index contributed by atoms with van der Waals surface area (Å²) in [6, 6.07) is 10.5. The van der Waals surface area contributed by atoms with Gasteiger partial charge in [-0.3, -0.25) is 0 Å². The molecule has 1 N–H and O–H groups in total. The molecular weight excluding hydrogens is 206 g/mol. The van der Waals surface area contributed by atoms with E-state index in [1.54, 1.807) is 0 Å². The van der Waals surface area contributed by atoms with Crippen LogP contribution >= 0.6 is 11.8 Å². The van der Waals surface area contributed by atoms with E-state index in [2.05, 4.69) is 29.2 Å². The number of thioether (sulfide) groups is 1. The first kappa shape index (κ1) is 11.0. The van der Waals surface area contributed by atoms with Crippen molar-refractivity contribution in [1.82, 2.24) is 4.90 Å². The molecule has 1 aromatic rings. The molecule has 0 atom stereocenters. The number of hydrogen-bond acceptors (Lipinski definition) is 3. The van der Waals surface area contributed by atoms with E-state index in [0.29, 0.717) is 12.5 Å². The van der Waals surface area contributed by atoms with Crippen LogP contribution in [0.1, 0.15) is 0 Å². The summed E-state index contributed by atoms with van der Waals surface area (Å²) in [4.78, 5) is 3.74. The van der Waals surface area contributed by atoms with Crippen LogP contribution in [0.25, 0.3) is 0 Å². The van der Waals surface area contributed by atoms with E-state index < -0.39 is 0 Å². The van der Waals surface area contributed by atoms with Crippen LogP contribution in [-0.2, 0) is 0 Å². The number of hydrogen-bond donors (Lipinski definition) is 1. The smallest absolute Gasteiger partial charge is 0.0483 e. The molecular formula is C12H17NOS. The molecule has 1 aliphatic heterocycles. The minimum Gasteiger partial charge on any atom is -0.396 e. The van der Waals surface area contributed by atoms with Crippen LogP contribution in [0.5, 0.6) is 0 Å². The number of benzene rings is 1. The summed E-state index contributed by atoms with van der Waals surface area (Å²) in [6.07, 6.45) is 0. The van der Waals surface area contributed by atoms with Gasteiger partial charge in [0.05, 0.1) is 0 Å². The zero-order valence-corrected chi connectivity index (χ0v) is 9.62. The highest BCUT2D eigenvalue weighted by Crippen LogP contribution is 2.19. The molecule has 0 spiro atoms. The van der Waals surface area contributed by atoms with Crippen molar-refractivity contribution in [2.45, 2.75) is 4.90 Å². The van der Waals surface area contributed by atoms with Crippen LogP contribution in [0.3, 0.4) is 0 Å². The summed E-state index contributed by atoms with van der Waals surface area (Å²) < 4.78 is 0. The molecule has 15 heavy (non-hydrogen) atoms. The minimum absolute atomic E-state index is 0.350. The normalized spacial score (nSPS) is 17.7. The maximum absolute atomic E-state index is 8.88. The van der Waals surface area contributed by atoms with Gasteiger partial charge in [0, 0.05) is 42.8 Å². The van der Waals surface area contributed by atoms with Crippen molar-refractivity contribution in [3.8, 4) is 0 Å². The summed E-state index contributed by atoms with van der Waals surface area (Å²) in [6.45, 7) is 3.64. The summed E-state index contributed by atoms with van der Waals surface area (Å²) in [5.41, 5.74) is 0. The third-order valence-corrected chi connectivity index (χ3v) is 3.70. The van der Waals surface area contributed by atoms with Crippen molar-refractivity contribution >= 4 is 11.8 Å². The Balaban J connectivity index is 1.60. The maximum Gasteiger partial charge on any atom is 0.0483 e. The molecule has 0 aliphatic carbocycles. The second-order valence-electron chi connectivity index (χ2n) is 3.97. The summed E-state index contributed by atoms with van der Waals surface area (Å²) >= 11 is 1.90. The zero-order valence-electron chi connectivity index (χ0n) is 8.80. The predicted octanol–water partition coefficient (Wildman–Crippen LogP) is 1.70. The van der Waals surface area contributed by atoms with Gasteiger partial charge >= 0.3 is 0 Å². The second kappa shape index (κ2) is 5.54. The van der Waals surface area contributed by atoms with Gasteiger partial charge in [0.25, 0.3) is 0 Å². The third-order valence-electron chi connectivity index (χ3n) is 2.71. The number of nitrogens with zero attached hydrogens (tertiary/aromatic N) is 1. The Morgan fingerprint density at radius 3 is 2.67 bits per heavy atom. The average Bonchev–Trinajstić information content (AvgIpc) is 2.23. The standard InChI is InChI=1S/C12H17NOS/c14-10-11-8-13(9-11)6-7-15-12-4-2-1-3-5-12/h1-5,11,14H,6-10H2. The van der Waals surface area contributed by atoms with Gasteiger partial charge in [0.15, 0.2) is 0 Å². The van der Waals surface area contributed by atoms with Gasteiger partial charge in [-0.1, -0.05) is 18.2 Å². The van der Waals surface area contributed by atoms with Gasteiger partial charge in [-0.2, -0.15) is 0 Å². The number of aliphatic hydroxyl groups excluding tert-OH is 1. The first-order chi connectivity index (χ1) is 7.38. The van der Waals surface area contributed by atoms with Crippen molar-refractivity contribution in [1.29, 1.82) is 0 Å². The highest BCUT2D eigenvalue weighted by molar-refractivity contribution is 7.99.